The number of benzene rings is 2. The number of nitrogens with one attached hydrogen (secondary N) is 2. The van der Waals surface area contributed by atoms with Crippen molar-refractivity contribution in [3.8, 4) is 0 Å². The standard InChI is InChI=1S/C30H28N6O6S4/c1-25-21(39)35-19-27(13-9-5-7-11-15(13)31-19,17(37)29(35,45-43-25)23(41)33(25)3)28-14-10-6-8-12-16(14)32-20(28)36-22(40)26(2)34(4)24(42)30(36,18(28)38)46-44-26/h5-12,17-20,31-32,37-38H,1-4H3/t17-,18-,19+,20+,25-,26-,27+,28+,29-,30-/m0/s1. The number of aliphatic hydroxyl groups is 2. The van der Waals surface area contributed by atoms with Crippen molar-refractivity contribution >= 4 is 78.2 Å². The molecule has 238 valence electrons. The zero-order chi connectivity index (χ0) is 32.1. The number of hydrogen-bond donors (Lipinski definition) is 4. The van der Waals surface area contributed by atoms with Gasteiger partial charge in [0.1, 0.15) is 24.5 Å². The van der Waals surface area contributed by atoms with Crippen LogP contribution in [0.25, 0.3) is 0 Å². The Balaban J connectivity index is 1.36. The van der Waals surface area contributed by atoms with Crippen LogP contribution in [0, 0.1) is 0 Å². The fraction of sp³-hybridized carbons (Fsp3) is 0.467. The van der Waals surface area contributed by atoms with Crippen LogP contribution in [0.1, 0.15) is 25.0 Å². The van der Waals surface area contributed by atoms with E-state index < -0.39 is 66.7 Å². The Morgan fingerprint density at radius 2 is 0.978 bits per heavy atom. The maximum atomic E-state index is 14.7. The normalized spacial score (nSPS) is 47.0. The highest BCUT2D eigenvalue weighted by molar-refractivity contribution is 8.78. The van der Waals surface area contributed by atoms with Gasteiger partial charge in [0.05, 0.1) is 10.8 Å². The summed E-state index contributed by atoms with van der Waals surface area (Å²) in [4.78, 5) is 58.2. The van der Waals surface area contributed by atoms with Crippen LogP contribution >= 0.6 is 43.2 Å². The maximum Gasteiger partial charge on any atom is 0.264 e. The van der Waals surface area contributed by atoms with Crippen LogP contribution in [0.15, 0.2) is 48.5 Å². The molecular formula is C30H28N6O6S4. The summed E-state index contributed by atoms with van der Waals surface area (Å²) in [5, 5.41) is 33.6. The van der Waals surface area contributed by atoms with Crippen LogP contribution in [-0.4, -0.2) is 112 Å². The summed E-state index contributed by atoms with van der Waals surface area (Å²) in [7, 11) is 7.98. The number of carbonyl (C=O) groups is 4. The largest absolute Gasteiger partial charge is 0.388 e. The summed E-state index contributed by atoms with van der Waals surface area (Å²) in [6.45, 7) is 3.42. The van der Waals surface area contributed by atoms with Gasteiger partial charge in [-0.15, -0.1) is 0 Å². The van der Waals surface area contributed by atoms with Crippen LogP contribution in [0.4, 0.5) is 11.4 Å². The molecule has 0 radical (unpaired) electrons. The molecule has 10 atom stereocenters. The van der Waals surface area contributed by atoms with Crippen molar-refractivity contribution in [2.75, 3.05) is 24.7 Å². The average Bonchev–Trinajstić information content (AvgIpc) is 3.70. The summed E-state index contributed by atoms with van der Waals surface area (Å²) in [5.74, 6) is -1.52. The second-order valence-electron chi connectivity index (χ2n) is 13.5. The fourth-order valence-electron chi connectivity index (χ4n) is 9.79. The molecule has 2 aromatic carbocycles. The van der Waals surface area contributed by atoms with Crippen molar-refractivity contribution in [3.63, 3.8) is 0 Å². The first-order valence-corrected chi connectivity index (χ1v) is 19.2. The van der Waals surface area contributed by atoms with E-state index in [1.807, 2.05) is 48.5 Å². The Bertz CT molecular complexity index is 1760. The number of amides is 4. The lowest BCUT2D eigenvalue weighted by atomic mass is 9.52. The fourth-order valence-corrected chi connectivity index (χ4v) is 16.9. The molecule has 0 saturated carbocycles. The zero-order valence-electron chi connectivity index (χ0n) is 24.9. The molecule has 10 heterocycles. The lowest BCUT2D eigenvalue weighted by molar-refractivity contribution is -0.166. The van der Waals surface area contributed by atoms with Crippen LogP contribution < -0.4 is 10.6 Å². The maximum absolute atomic E-state index is 14.7. The molecule has 2 spiro atoms. The molecule has 10 aliphatic heterocycles. The molecule has 46 heavy (non-hydrogen) atoms. The first-order chi connectivity index (χ1) is 21.8. The van der Waals surface area contributed by atoms with Crippen LogP contribution in [-0.2, 0) is 30.0 Å². The van der Waals surface area contributed by atoms with Crippen LogP contribution in [0.3, 0.4) is 0 Å². The number of carbonyl (C=O) groups excluding carboxylic acids is 4. The van der Waals surface area contributed by atoms with Crippen LogP contribution in [0.2, 0.25) is 0 Å². The summed E-state index contributed by atoms with van der Waals surface area (Å²) in [6, 6.07) is 14.8. The van der Waals surface area contributed by atoms with Gasteiger partial charge in [0.25, 0.3) is 23.6 Å². The van der Waals surface area contributed by atoms with E-state index in [2.05, 4.69) is 10.6 Å². The molecular weight excluding hydrogens is 669 g/mol. The van der Waals surface area contributed by atoms with Crippen molar-refractivity contribution in [2.45, 2.75) is 68.7 Å². The lowest BCUT2D eigenvalue weighted by Gasteiger charge is -2.58. The van der Waals surface area contributed by atoms with Gasteiger partial charge < -0.3 is 30.6 Å². The number of anilines is 2. The number of hydrogen-bond acceptors (Lipinski definition) is 12. The monoisotopic (exact) mass is 696 g/mol. The van der Waals surface area contributed by atoms with Gasteiger partial charge in [0.2, 0.25) is 9.74 Å². The van der Waals surface area contributed by atoms with Gasteiger partial charge in [-0.1, -0.05) is 58.0 Å². The summed E-state index contributed by atoms with van der Waals surface area (Å²) < 4.78 is 0. The first-order valence-electron chi connectivity index (χ1n) is 14.9. The number of nitrogens with zero attached hydrogens (tertiary/aromatic N) is 4. The van der Waals surface area contributed by atoms with E-state index in [1.165, 1.54) is 62.8 Å². The molecule has 16 heteroatoms. The molecule has 0 aliphatic carbocycles. The van der Waals surface area contributed by atoms with Crippen molar-refractivity contribution in [1.29, 1.82) is 0 Å². The minimum Gasteiger partial charge on any atom is -0.388 e. The van der Waals surface area contributed by atoms with Gasteiger partial charge in [0.15, 0.2) is 9.74 Å². The number of fused-ring (bicyclic) bond motifs is 11. The smallest absolute Gasteiger partial charge is 0.264 e. The number of rotatable bonds is 1. The predicted molar refractivity (Wildman–Crippen MR) is 175 cm³/mol. The van der Waals surface area contributed by atoms with E-state index in [0.29, 0.717) is 22.5 Å². The molecule has 4 N–H and O–H groups in total. The van der Waals surface area contributed by atoms with Gasteiger partial charge >= 0.3 is 0 Å². The third-order valence-corrected chi connectivity index (χ3v) is 19.5. The Morgan fingerprint density at radius 1 is 0.609 bits per heavy atom. The molecule has 8 saturated heterocycles. The van der Waals surface area contributed by atoms with E-state index in [9.17, 15) is 29.4 Å². The number of para-hydroxylation sites is 2. The predicted octanol–water partition coefficient (Wildman–Crippen LogP) is 1.33. The molecule has 10 aliphatic rings. The minimum atomic E-state index is -1.76. The van der Waals surface area contributed by atoms with Gasteiger partial charge in [0, 0.05) is 25.5 Å². The summed E-state index contributed by atoms with van der Waals surface area (Å²) >= 11 is 0. The van der Waals surface area contributed by atoms with E-state index in [-0.39, 0.29) is 11.8 Å². The topological polar surface area (TPSA) is 146 Å². The molecule has 8 fully saturated rings. The molecule has 4 amide bonds. The zero-order valence-corrected chi connectivity index (χ0v) is 28.1. The number of piperazine rings is 2. The Morgan fingerprint density at radius 3 is 1.37 bits per heavy atom. The Hall–Kier alpha value is -2.76. The van der Waals surface area contributed by atoms with Crippen molar-refractivity contribution in [3.05, 3.63) is 59.7 Å². The highest BCUT2D eigenvalue weighted by atomic mass is 33.1. The van der Waals surface area contributed by atoms with Crippen molar-refractivity contribution in [2.24, 2.45) is 0 Å². The molecule has 4 bridgehead atoms. The van der Waals surface area contributed by atoms with E-state index in [1.54, 1.807) is 27.9 Å². The SMILES string of the molecule is CN1C(=O)[C@]23SS[C@@]1(C)C(=O)N2[C@H]1Nc2ccccc2[C@@]1([C@@]12c4ccccc4N[C@@H]1N1C(=O)[C@]4(C)SS[C@]1(C(=O)N4C)[C@H]2O)[C@@H]3O. The molecule has 12 nitrogen and oxygen atoms in total. The van der Waals surface area contributed by atoms with Gasteiger partial charge in [-0.2, -0.15) is 0 Å². The highest BCUT2D eigenvalue weighted by Crippen LogP contribution is 2.78. The van der Waals surface area contributed by atoms with Gasteiger partial charge in [-0.25, -0.2) is 0 Å². The van der Waals surface area contributed by atoms with Crippen LogP contribution in [0.5, 0.6) is 0 Å². The highest BCUT2D eigenvalue weighted by Gasteiger charge is 2.92. The quantitative estimate of drug-likeness (QED) is 0.320. The van der Waals surface area contributed by atoms with Gasteiger partial charge in [-0.3, -0.25) is 29.0 Å². The summed E-state index contributed by atoms with van der Waals surface area (Å²) in [6.07, 6.45) is -5.21. The van der Waals surface area contributed by atoms with Crippen molar-refractivity contribution in [1.82, 2.24) is 19.6 Å². The third kappa shape index (κ3) is 2.30. The number of aliphatic hydroxyl groups excluding tert-OH is 2. The molecule has 12 rings (SSSR count). The molecule has 2 aromatic rings. The van der Waals surface area contributed by atoms with E-state index in [0.717, 1.165) is 0 Å². The Labute approximate surface area is 279 Å². The van der Waals surface area contributed by atoms with E-state index in [4.69, 9.17) is 0 Å². The average molecular weight is 697 g/mol. The molecule has 0 aromatic heterocycles. The third-order valence-electron chi connectivity index (χ3n) is 12.1. The van der Waals surface area contributed by atoms with Crippen molar-refractivity contribution < 1.29 is 29.4 Å². The number of likely N-dealkylation sites (N-methyl/N-ethyl adjacent to an activating group) is 2. The van der Waals surface area contributed by atoms with Gasteiger partial charge in [-0.05, 0) is 58.7 Å². The lowest BCUT2D eigenvalue weighted by Crippen LogP contribution is -2.77. The second kappa shape index (κ2) is 7.92. The first kappa shape index (κ1) is 28.3. The minimum absolute atomic E-state index is 0.342. The molecule has 0 unspecified atom stereocenters. The second-order valence-corrected chi connectivity index (χ2v) is 19.0. The summed E-state index contributed by atoms with van der Waals surface area (Å²) in [5.41, 5.74) is -0.775. The Kier molecular flexibility index (Phi) is 4.87. The van der Waals surface area contributed by atoms with E-state index >= 15 is 0 Å².